The largest absolute Gasteiger partial charge is 0.433 e. The van der Waals surface area contributed by atoms with E-state index in [-0.39, 0.29) is 11.8 Å². The fourth-order valence-electron chi connectivity index (χ4n) is 3.72. The molecule has 4 rings (SSSR count). The molecule has 0 unspecified atom stereocenters. The van der Waals surface area contributed by atoms with Gasteiger partial charge in [0.05, 0.1) is 12.2 Å². The first-order valence-corrected chi connectivity index (χ1v) is 9.13. The lowest BCUT2D eigenvalue weighted by molar-refractivity contribution is -0.141. The number of carbonyl (C=O) groups is 1. The van der Waals surface area contributed by atoms with E-state index >= 15 is 0 Å². The van der Waals surface area contributed by atoms with E-state index in [0.29, 0.717) is 44.2 Å². The van der Waals surface area contributed by atoms with Gasteiger partial charge in [-0.25, -0.2) is 15.8 Å². The number of halogens is 3. The SMILES string of the molecule is Cc1nc(NN)nc2c1CN(C(=O)CC1CN(c3ccnc(C(F)(F)F)c3)C1)C2. The van der Waals surface area contributed by atoms with Crippen LogP contribution in [0.3, 0.4) is 0 Å². The zero-order chi connectivity index (χ0) is 20.8. The molecule has 11 heteroatoms. The van der Waals surface area contributed by atoms with Gasteiger partial charge < -0.3 is 9.80 Å². The van der Waals surface area contributed by atoms with Crippen LogP contribution in [-0.4, -0.2) is 38.8 Å². The fourth-order valence-corrected chi connectivity index (χ4v) is 3.72. The lowest BCUT2D eigenvalue weighted by Gasteiger charge is -2.41. The molecule has 0 aromatic carbocycles. The van der Waals surface area contributed by atoms with Gasteiger partial charge in [0, 0.05) is 55.1 Å². The third kappa shape index (κ3) is 3.82. The predicted molar refractivity (Wildman–Crippen MR) is 98.4 cm³/mol. The van der Waals surface area contributed by atoms with Crippen molar-refractivity contribution >= 4 is 17.5 Å². The number of aromatic nitrogens is 3. The van der Waals surface area contributed by atoms with Gasteiger partial charge in [0.2, 0.25) is 11.9 Å². The molecule has 0 atom stereocenters. The van der Waals surface area contributed by atoms with Crippen molar-refractivity contribution in [3.8, 4) is 0 Å². The van der Waals surface area contributed by atoms with Crippen LogP contribution in [0.2, 0.25) is 0 Å². The topological polar surface area (TPSA) is 100 Å². The molecular weight excluding hydrogens is 387 g/mol. The molecular formula is C18H20F3N7O. The number of aryl methyl sites for hydroxylation is 1. The van der Waals surface area contributed by atoms with Crippen LogP contribution in [-0.2, 0) is 24.1 Å². The molecule has 0 spiro atoms. The Balaban J connectivity index is 1.33. The molecule has 0 aliphatic carbocycles. The smallest absolute Gasteiger partial charge is 0.371 e. The van der Waals surface area contributed by atoms with E-state index in [1.165, 1.54) is 0 Å². The number of hydrogen-bond acceptors (Lipinski definition) is 7. The van der Waals surface area contributed by atoms with E-state index < -0.39 is 11.9 Å². The first kappa shape index (κ1) is 19.4. The summed E-state index contributed by atoms with van der Waals surface area (Å²) in [7, 11) is 0. The molecule has 8 nitrogen and oxygen atoms in total. The molecule has 0 radical (unpaired) electrons. The molecule has 0 bridgehead atoms. The van der Waals surface area contributed by atoms with Gasteiger partial charge in [-0.3, -0.25) is 15.2 Å². The van der Waals surface area contributed by atoms with Crippen LogP contribution in [0.25, 0.3) is 0 Å². The highest BCUT2D eigenvalue weighted by molar-refractivity contribution is 5.77. The van der Waals surface area contributed by atoms with Gasteiger partial charge in [-0.05, 0) is 19.1 Å². The molecule has 0 saturated carbocycles. The number of carbonyl (C=O) groups excluding carboxylic acids is 1. The molecule has 2 aliphatic rings. The Labute approximate surface area is 164 Å². The molecule has 1 fully saturated rings. The van der Waals surface area contributed by atoms with Gasteiger partial charge in [-0.2, -0.15) is 13.2 Å². The molecule has 2 aromatic heterocycles. The van der Waals surface area contributed by atoms with Crippen LogP contribution in [0.1, 0.15) is 29.1 Å². The summed E-state index contributed by atoms with van der Waals surface area (Å²) in [5.74, 6) is 5.79. The highest BCUT2D eigenvalue weighted by Gasteiger charge is 2.36. The summed E-state index contributed by atoms with van der Waals surface area (Å²) in [5.41, 5.74) is 4.48. The second kappa shape index (κ2) is 7.14. The summed E-state index contributed by atoms with van der Waals surface area (Å²) in [6.45, 7) is 3.79. The van der Waals surface area contributed by atoms with Crippen molar-refractivity contribution in [2.24, 2.45) is 11.8 Å². The molecule has 4 heterocycles. The molecule has 3 N–H and O–H groups in total. The Morgan fingerprint density at radius 3 is 2.76 bits per heavy atom. The Bertz CT molecular complexity index is 944. The number of anilines is 2. The second-order valence-corrected chi connectivity index (χ2v) is 7.32. The zero-order valence-electron chi connectivity index (χ0n) is 15.7. The van der Waals surface area contributed by atoms with Gasteiger partial charge in [-0.15, -0.1) is 0 Å². The molecule has 2 aliphatic heterocycles. The summed E-state index contributed by atoms with van der Waals surface area (Å²) in [5, 5.41) is 0. The summed E-state index contributed by atoms with van der Waals surface area (Å²) in [6, 6.07) is 2.59. The maximum atomic E-state index is 12.8. The Morgan fingerprint density at radius 1 is 1.31 bits per heavy atom. The maximum absolute atomic E-state index is 12.8. The molecule has 1 amide bonds. The summed E-state index contributed by atoms with van der Waals surface area (Å²) in [6.07, 6.45) is -2.97. The minimum Gasteiger partial charge on any atom is -0.371 e. The van der Waals surface area contributed by atoms with Crippen LogP contribution < -0.4 is 16.2 Å². The molecule has 29 heavy (non-hydrogen) atoms. The number of alkyl halides is 3. The second-order valence-electron chi connectivity index (χ2n) is 7.32. The minimum atomic E-state index is -4.47. The number of pyridine rings is 1. The van der Waals surface area contributed by atoms with Gasteiger partial charge in [0.1, 0.15) is 5.69 Å². The first-order valence-electron chi connectivity index (χ1n) is 9.13. The fraction of sp³-hybridized carbons (Fsp3) is 0.444. The number of nitrogens with zero attached hydrogens (tertiary/aromatic N) is 5. The maximum Gasteiger partial charge on any atom is 0.433 e. The quantitative estimate of drug-likeness (QED) is 0.589. The number of nitrogen functional groups attached to an aromatic ring is 1. The normalized spacial score (nSPS) is 16.6. The Morgan fingerprint density at radius 2 is 2.07 bits per heavy atom. The lowest BCUT2D eigenvalue weighted by Crippen LogP contribution is -2.48. The lowest BCUT2D eigenvalue weighted by atomic mass is 9.95. The van der Waals surface area contributed by atoms with Crippen molar-refractivity contribution in [3.63, 3.8) is 0 Å². The molecule has 1 saturated heterocycles. The van der Waals surface area contributed by atoms with E-state index in [2.05, 4.69) is 20.4 Å². The van der Waals surface area contributed by atoms with Crippen molar-refractivity contribution in [1.29, 1.82) is 0 Å². The number of hydrazine groups is 1. The first-order chi connectivity index (χ1) is 13.7. The third-order valence-electron chi connectivity index (χ3n) is 5.29. The van der Waals surface area contributed by atoms with Crippen LogP contribution in [0.5, 0.6) is 0 Å². The van der Waals surface area contributed by atoms with Crippen molar-refractivity contribution in [1.82, 2.24) is 19.9 Å². The minimum absolute atomic E-state index is 0.0000153. The third-order valence-corrected chi connectivity index (χ3v) is 5.29. The van der Waals surface area contributed by atoms with E-state index in [1.54, 1.807) is 11.0 Å². The number of hydrogen-bond donors (Lipinski definition) is 2. The highest BCUT2D eigenvalue weighted by atomic mass is 19.4. The number of nitrogens with one attached hydrogen (secondary N) is 1. The van der Waals surface area contributed by atoms with Crippen molar-refractivity contribution in [3.05, 3.63) is 41.0 Å². The van der Waals surface area contributed by atoms with Crippen molar-refractivity contribution < 1.29 is 18.0 Å². The predicted octanol–water partition coefficient (Wildman–Crippen LogP) is 1.85. The van der Waals surface area contributed by atoms with Crippen molar-refractivity contribution in [2.45, 2.75) is 32.6 Å². The van der Waals surface area contributed by atoms with E-state index in [4.69, 9.17) is 5.84 Å². The van der Waals surface area contributed by atoms with Crippen LogP contribution in [0, 0.1) is 12.8 Å². The van der Waals surface area contributed by atoms with Crippen LogP contribution >= 0.6 is 0 Å². The van der Waals surface area contributed by atoms with Crippen LogP contribution in [0.15, 0.2) is 18.3 Å². The standard InChI is InChI=1S/C18H20F3N7O/c1-10-13-8-28(9-14(13)25-17(24-10)26-22)16(29)4-11-6-27(7-11)12-2-3-23-15(5-12)18(19,20)21/h2-3,5,11H,4,6-9,22H2,1H3,(H,24,25,26). The van der Waals surface area contributed by atoms with Crippen LogP contribution in [0.4, 0.5) is 24.8 Å². The average molecular weight is 407 g/mol. The number of rotatable bonds is 4. The Kier molecular flexibility index (Phi) is 4.77. The summed E-state index contributed by atoms with van der Waals surface area (Å²) in [4.78, 5) is 28.1. The molecule has 2 aromatic rings. The number of fused-ring (bicyclic) bond motifs is 1. The molecule has 154 valence electrons. The monoisotopic (exact) mass is 407 g/mol. The summed E-state index contributed by atoms with van der Waals surface area (Å²) < 4.78 is 38.4. The van der Waals surface area contributed by atoms with Crippen molar-refractivity contribution in [2.75, 3.05) is 23.4 Å². The van der Waals surface area contributed by atoms with E-state index in [0.717, 1.165) is 29.2 Å². The highest BCUT2D eigenvalue weighted by Crippen LogP contribution is 2.33. The average Bonchev–Trinajstić information content (AvgIpc) is 3.08. The zero-order valence-corrected chi connectivity index (χ0v) is 15.7. The van der Waals surface area contributed by atoms with E-state index in [1.807, 2.05) is 11.8 Å². The number of nitrogens with two attached hydrogens (primary N) is 1. The Hall–Kier alpha value is -2.95. The number of amides is 1. The van der Waals surface area contributed by atoms with Gasteiger partial charge in [0.15, 0.2) is 0 Å². The summed E-state index contributed by atoms with van der Waals surface area (Å²) >= 11 is 0. The van der Waals surface area contributed by atoms with Gasteiger partial charge in [-0.1, -0.05) is 0 Å². The van der Waals surface area contributed by atoms with Gasteiger partial charge >= 0.3 is 6.18 Å². The van der Waals surface area contributed by atoms with E-state index in [9.17, 15) is 18.0 Å². The van der Waals surface area contributed by atoms with Gasteiger partial charge in [0.25, 0.3) is 0 Å².